The molecule has 2 atom stereocenters. The van der Waals surface area contributed by atoms with Gasteiger partial charge in [0.15, 0.2) is 5.82 Å². The second-order valence-corrected chi connectivity index (χ2v) is 10.9. The number of amidine groups is 1. The van der Waals surface area contributed by atoms with Crippen molar-refractivity contribution in [3.8, 4) is 0 Å². The molecule has 5 rings (SSSR count). The standard InChI is InChI=1S/C30H39N7O3/c1-5-20-15-25(30(39)35(3)4)37(24-9-7-8-10-24)28(20)34-26(6-2)33-27-12-11-21(16-31-27)29(38)36-14-13-22-18-40-19-23(17-36)32-22/h5,11-12,15-16,22-24,32H,2,7-10,13-14,17-19H2,1,3-4H3,(H,31,33)/b20-5-,34-28?. The van der Waals surface area contributed by atoms with Crippen LogP contribution < -0.4 is 10.6 Å². The maximum absolute atomic E-state index is 13.2. The molecule has 10 heteroatoms. The molecule has 2 unspecified atom stereocenters. The van der Waals surface area contributed by atoms with E-state index in [1.807, 2.05) is 24.0 Å². The summed E-state index contributed by atoms with van der Waals surface area (Å²) in [5.74, 6) is 1.54. The summed E-state index contributed by atoms with van der Waals surface area (Å²) in [5.41, 5.74) is 4.92. The van der Waals surface area contributed by atoms with Crippen LogP contribution in [-0.2, 0) is 9.53 Å². The monoisotopic (exact) mass is 545 g/mol. The Kier molecular flexibility index (Phi) is 8.49. The summed E-state index contributed by atoms with van der Waals surface area (Å²) in [6, 6.07) is 4.21. The van der Waals surface area contributed by atoms with Gasteiger partial charge in [0.25, 0.3) is 11.8 Å². The van der Waals surface area contributed by atoms with Gasteiger partial charge in [0, 0.05) is 57.1 Å². The van der Waals surface area contributed by atoms with E-state index in [9.17, 15) is 9.59 Å². The molecule has 0 aromatic carbocycles. The van der Waals surface area contributed by atoms with Gasteiger partial charge in [-0.15, -0.1) is 0 Å². The third-order valence-corrected chi connectivity index (χ3v) is 7.89. The van der Waals surface area contributed by atoms with Crippen LogP contribution in [0.3, 0.4) is 0 Å². The van der Waals surface area contributed by atoms with Crippen LogP contribution in [-0.4, -0.2) is 95.9 Å². The molecule has 0 spiro atoms. The van der Waals surface area contributed by atoms with Crippen molar-refractivity contribution in [2.45, 2.75) is 57.2 Å². The Morgan fingerprint density at radius 1 is 1.23 bits per heavy atom. The molecular weight excluding hydrogens is 506 g/mol. The van der Waals surface area contributed by atoms with Crippen molar-refractivity contribution in [3.63, 3.8) is 0 Å². The van der Waals surface area contributed by atoms with Gasteiger partial charge in [-0.3, -0.25) is 9.59 Å². The first-order valence-corrected chi connectivity index (χ1v) is 14.1. The van der Waals surface area contributed by atoms with E-state index >= 15 is 0 Å². The number of nitrogens with zero attached hydrogens (tertiary/aromatic N) is 5. The van der Waals surface area contributed by atoms with E-state index in [2.05, 4.69) is 32.8 Å². The highest BCUT2D eigenvalue weighted by Gasteiger charge is 2.37. The van der Waals surface area contributed by atoms with Crippen LogP contribution in [0.2, 0.25) is 0 Å². The van der Waals surface area contributed by atoms with Gasteiger partial charge in [0.1, 0.15) is 17.4 Å². The fraction of sp³-hybridized carbons (Fsp3) is 0.500. The lowest BCUT2D eigenvalue weighted by atomic mass is 10.2. The van der Waals surface area contributed by atoms with Crippen LogP contribution in [0, 0.1) is 0 Å². The van der Waals surface area contributed by atoms with Crippen LogP contribution in [0.5, 0.6) is 0 Å². The molecule has 0 radical (unpaired) electrons. The molecule has 2 amide bonds. The summed E-state index contributed by atoms with van der Waals surface area (Å²) in [6.45, 7) is 8.40. The molecular formula is C30H39N7O3. The van der Waals surface area contributed by atoms with E-state index in [1.54, 1.807) is 37.3 Å². The highest BCUT2D eigenvalue weighted by Crippen LogP contribution is 2.34. The molecule has 40 heavy (non-hydrogen) atoms. The number of nitrogens with one attached hydrogen (secondary N) is 2. The van der Waals surface area contributed by atoms with Crippen molar-refractivity contribution in [3.05, 3.63) is 65.4 Å². The number of hydrogen-bond donors (Lipinski definition) is 2. The minimum Gasteiger partial charge on any atom is -0.378 e. The van der Waals surface area contributed by atoms with Crippen molar-refractivity contribution >= 4 is 23.5 Å². The maximum atomic E-state index is 13.2. The summed E-state index contributed by atoms with van der Waals surface area (Å²) in [5, 5.41) is 6.74. The first-order chi connectivity index (χ1) is 19.4. The Balaban J connectivity index is 1.32. The molecule has 1 aliphatic carbocycles. The van der Waals surface area contributed by atoms with E-state index in [0.29, 0.717) is 61.1 Å². The van der Waals surface area contributed by atoms with Gasteiger partial charge in [-0.2, -0.15) is 0 Å². The number of carbonyl (C=O) groups is 2. The number of likely N-dealkylation sites (N-methyl/N-ethyl adjacent to an activating group) is 1. The highest BCUT2D eigenvalue weighted by molar-refractivity contribution is 6.12. The number of allylic oxidation sites excluding steroid dienone is 1. The molecule has 2 saturated heterocycles. The van der Waals surface area contributed by atoms with Crippen LogP contribution in [0.25, 0.3) is 0 Å². The normalized spacial score (nSPS) is 25.0. The Bertz CT molecular complexity index is 1270. The fourth-order valence-corrected chi connectivity index (χ4v) is 5.81. The van der Waals surface area contributed by atoms with Crippen molar-refractivity contribution < 1.29 is 14.3 Å². The zero-order valence-electron chi connectivity index (χ0n) is 23.7. The van der Waals surface area contributed by atoms with Crippen LogP contribution in [0.15, 0.2) is 64.9 Å². The highest BCUT2D eigenvalue weighted by atomic mass is 16.5. The molecule has 1 saturated carbocycles. The second kappa shape index (κ2) is 12.2. The Morgan fingerprint density at radius 2 is 2.00 bits per heavy atom. The number of amides is 2. The summed E-state index contributed by atoms with van der Waals surface area (Å²) >= 11 is 0. The van der Waals surface area contributed by atoms with Gasteiger partial charge < -0.3 is 30.1 Å². The molecule has 10 nitrogen and oxygen atoms in total. The SMILES string of the molecule is C=C=C(N=C1/C(=C\C)C=C(C(=O)N(C)C)N1C1CCCC1)Nc1ccc(C(=O)N2CCC3COCC(C2)N3)cn1. The molecule has 2 N–H and O–H groups in total. The third-order valence-electron chi connectivity index (χ3n) is 7.89. The molecule has 1 aromatic rings. The van der Waals surface area contributed by atoms with Gasteiger partial charge >= 0.3 is 0 Å². The van der Waals surface area contributed by atoms with Gasteiger partial charge in [-0.25, -0.2) is 9.98 Å². The average Bonchev–Trinajstić information content (AvgIpc) is 3.59. The number of carbonyl (C=O) groups excluding carboxylic acids is 2. The van der Waals surface area contributed by atoms with E-state index in [-0.39, 0.29) is 23.9 Å². The van der Waals surface area contributed by atoms with Crippen LogP contribution >= 0.6 is 0 Å². The smallest absolute Gasteiger partial charge is 0.270 e. The maximum Gasteiger partial charge on any atom is 0.270 e. The lowest BCUT2D eigenvalue weighted by molar-refractivity contribution is -0.126. The predicted octanol–water partition coefficient (Wildman–Crippen LogP) is 2.90. The number of fused-ring (bicyclic) bond motifs is 2. The van der Waals surface area contributed by atoms with Gasteiger partial charge in [0.2, 0.25) is 0 Å². The van der Waals surface area contributed by atoms with E-state index in [1.165, 1.54) is 0 Å². The molecule has 4 aliphatic rings. The van der Waals surface area contributed by atoms with E-state index < -0.39 is 0 Å². The number of aromatic nitrogens is 1. The van der Waals surface area contributed by atoms with Gasteiger partial charge in [-0.1, -0.05) is 31.2 Å². The van der Waals surface area contributed by atoms with Crippen LogP contribution in [0.4, 0.5) is 5.82 Å². The minimum atomic E-state index is -0.0494. The number of anilines is 1. The van der Waals surface area contributed by atoms with Gasteiger partial charge in [-0.05, 0) is 44.4 Å². The molecule has 3 fully saturated rings. The first kappa shape index (κ1) is 27.8. The fourth-order valence-electron chi connectivity index (χ4n) is 5.81. The number of ether oxygens (including phenoxy) is 1. The molecule has 212 valence electrons. The lowest BCUT2D eigenvalue weighted by Gasteiger charge is -2.30. The Hall–Kier alpha value is -3.72. The first-order valence-electron chi connectivity index (χ1n) is 14.1. The number of morpholine rings is 1. The third kappa shape index (κ3) is 5.89. The van der Waals surface area contributed by atoms with E-state index in [0.717, 1.165) is 37.7 Å². The summed E-state index contributed by atoms with van der Waals surface area (Å²) in [6.07, 6.45) is 10.6. The average molecular weight is 546 g/mol. The molecule has 4 heterocycles. The van der Waals surface area contributed by atoms with E-state index in [4.69, 9.17) is 9.73 Å². The number of pyridine rings is 1. The Labute approximate surface area is 236 Å². The molecule has 2 bridgehead atoms. The zero-order chi connectivity index (χ0) is 28.2. The summed E-state index contributed by atoms with van der Waals surface area (Å²) < 4.78 is 5.66. The second-order valence-electron chi connectivity index (χ2n) is 10.9. The molecule has 3 aliphatic heterocycles. The lowest BCUT2D eigenvalue weighted by Crippen LogP contribution is -2.50. The quantitative estimate of drug-likeness (QED) is 0.530. The van der Waals surface area contributed by atoms with Crippen molar-refractivity contribution in [1.29, 1.82) is 0 Å². The summed E-state index contributed by atoms with van der Waals surface area (Å²) in [4.78, 5) is 41.2. The topological polar surface area (TPSA) is 102 Å². The van der Waals surface area contributed by atoms with Crippen molar-refractivity contribution in [2.75, 3.05) is 45.7 Å². The van der Waals surface area contributed by atoms with Crippen LogP contribution in [0.1, 0.15) is 49.4 Å². The predicted molar refractivity (Wildman–Crippen MR) is 155 cm³/mol. The van der Waals surface area contributed by atoms with Gasteiger partial charge in [0.05, 0.1) is 18.8 Å². The van der Waals surface area contributed by atoms with Crippen molar-refractivity contribution in [1.82, 2.24) is 25.0 Å². The summed E-state index contributed by atoms with van der Waals surface area (Å²) in [7, 11) is 3.53. The largest absolute Gasteiger partial charge is 0.378 e. The number of aliphatic imine (C=N–C) groups is 1. The molecule has 1 aromatic heterocycles. The minimum absolute atomic E-state index is 0.0341. The van der Waals surface area contributed by atoms with Crippen molar-refractivity contribution in [2.24, 2.45) is 4.99 Å². The number of hydrogen-bond acceptors (Lipinski definition) is 7. The zero-order valence-corrected chi connectivity index (χ0v) is 23.7. The Morgan fingerprint density at radius 3 is 2.67 bits per heavy atom. The number of rotatable bonds is 6.